The van der Waals surface area contributed by atoms with Crippen molar-refractivity contribution in [2.24, 2.45) is 0 Å². The van der Waals surface area contributed by atoms with Gasteiger partial charge in [-0.15, -0.1) is 0 Å². The van der Waals surface area contributed by atoms with Gasteiger partial charge < -0.3 is 0 Å². The number of rotatable bonds is 4. The van der Waals surface area contributed by atoms with Crippen LogP contribution in [0, 0.1) is 0 Å². The van der Waals surface area contributed by atoms with Crippen molar-refractivity contribution in [2.75, 3.05) is 0 Å². The highest BCUT2D eigenvalue weighted by atomic mass is 127. The molecule has 0 fully saturated rings. The molecule has 0 amide bonds. The van der Waals surface area contributed by atoms with Crippen LogP contribution in [0.2, 0.25) is 0 Å². The molecule has 0 spiro atoms. The topological polar surface area (TPSA) is 51.2 Å². The van der Waals surface area contributed by atoms with Crippen LogP contribution in [0.5, 0.6) is 0 Å². The summed E-state index contributed by atoms with van der Waals surface area (Å²) in [6.45, 7) is 1.53. The lowest BCUT2D eigenvalue weighted by atomic mass is 10.2. The fraction of sp³-hybridized carbons (Fsp3) is 0.300. The van der Waals surface area contributed by atoms with Gasteiger partial charge in [-0.2, -0.15) is 12.6 Å². The van der Waals surface area contributed by atoms with Gasteiger partial charge in [0, 0.05) is 28.2 Å². The molecule has 0 aromatic heterocycles. The second kappa shape index (κ2) is 5.50. The van der Waals surface area contributed by atoms with Gasteiger partial charge in [-0.1, -0.05) is 24.3 Å². The van der Waals surface area contributed by atoms with Gasteiger partial charge in [0.05, 0.1) is 5.75 Å². The van der Waals surface area contributed by atoms with Crippen molar-refractivity contribution in [1.29, 1.82) is 0 Å². The number of benzene rings is 1. The zero-order valence-electron chi connectivity index (χ0n) is 8.55. The van der Waals surface area contributed by atoms with E-state index in [1.165, 1.54) is 6.92 Å². The molecule has 0 aliphatic heterocycles. The summed E-state index contributed by atoms with van der Waals surface area (Å²) >= 11 is 5.61. The zero-order chi connectivity index (χ0) is 12.3. The van der Waals surface area contributed by atoms with Crippen molar-refractivity contribution >= 4 is 48.8 Å². The van der Waals surface area contributed by atoms with Crippen molar-refractivity contribution in [1.82, 2.24) is 0 Å². The van der Waals surface area contributed by atoms with E-state index in [1.54, 1.807) is 46.9 Å². The highest BCUT2D eigenvalue weighted by molar-refractivity contribution is 14.1. The van der Waals surface area contributed by atoms with Crippen molar-refractivity contribution in [2.45, 2.75) is 17.3 Å². The molecule has 1 rings (SSSR count). The fourth-order valence-corrected chi connectivity index (χ4v) is 2.57. The zero-order valence-corrected chi connectivity index (χ0v) is 12.4. The van der Waals surface area contributed by atoms with Crippen LogP contribution >= 0.6 is 35.2 Å². The van der Waals surface area contributed by atoms with Gasteiger partial charge in [0.1, 0.15) is 4.58 Å². The molecule has 0 radical (unpaired) electrons. The summed E-state index contributed by atoms with van der Waals surface area (Å²) in [6.07, 6.45) is 0. The van der Waals surface area contributed by atoms with Gasteiger partial charge in [0.15, 0.2) is 9.84 Å². The predicted molar refractivity (Wildman–Crippen MR) is 75.9 cm³/mol. The molecule has 0 heterocycles. The third-order valence-electron chi connectivity index (χ3n) is 2.07. The molecule has 0 N–H and O–H groups in total. The average molecular weight is 370 g/mol. The number of sulfone groups is 1. The van der Waals surface area contributed by atoms with E-state index in [4.69, 9.17) is 0 Å². The van der Waals surface area contributed by atoms with Crippen molar-refractivity contribution < 1.29 is 13.2 Å². The SMILES string of the molecule is CC(S)S(=O)(=O)Cc1ccc(C(=O)I)cc1. The molecule has 0 aliphatic rings. The van der Waals surface area contributed by atoms with E-state index in [-0.39, 0.29) is 9.54 Å². The van der Waals surface area contributed by atoms with Gasteiger partial charge in [-0.25, -0.2) is 8.42 Å². The van der Waals surface area contributed by atoms with Crippen LogP contribution in [0.3, 0.4) is 0 Å². The standard InChI is InChI=1S/C10H11IO3S2/c1-7(15)16(13,14)6-8-2-4-9(5-3-8)10(11)12/h2-5,7,15H,6H2,1H3. The third kappa shape index (κ3) is 3.74. The van der Waals surface area contributed by atoms with E-state index in [1.807, 2.05) is 0 Å². The Balaban J connectivity index is 2.89. The van der Waals surface area contributed by atoms with Crippen LogP contribution in [-0.2, 0) is 15.6 Å². The van der Waals surface area contributed by atoms with E-state index >= 15 is 0 Å². The van der Waals surface area contributed by atoms with Gasteiger partial charge in [-0.3, -0.25) is 4.79 Å². The van der Waals surface area contributed by atoms with Gasteiger partial charge >= 0.3 is 0 Å². The molecule has 1 unspecified atom stereocenters. The molecular weight excluding hydrogens is 359 g/mol. The Morgan fingerprint density at radius 2 is 1.88 bits per heavy atom. The average Bonchev–Trinajstić information content (AvgIpc) is 2.17. The maximum atomic E-state index is 11.6. The second-order valence-electron chi connectivity index (χ2n) is 3.38. The van der Waals surface area contributed by atoms with Crippen LogP contribution in [0.25, 0.3) is 0 Å². The van der Waals surface area contributed by atoms with Gasteiger partial charge in [-0.05, 0) is 12.5 Å². The first-order valence-corrected chi connectivity index (χ1v) is 7.82. The van der Waals surface area contributed by atoms with Crippen LogP contribution in [0.1, 0.15) is 22.8 Å². The minimum atomic E-state index is -3.21. The summed E-state index contributed by atoms with van der Waals surface area (Å²) in [5.41, 5.74) is 1.24. The van der Waals surface area contributed by atoms with Gasteiger partial charge in [0.2, 0.25) is 3.79 Å². The van der Waals surface area contributed by atoms with Crippen molar-refractivity contribution in [3.63, 3.8) is 0 Å². The highest BCUT2D eigenvalue weighted by Gasteiger charge is 2.17. The van der Waals surface area contributed by atoms with Crippen LogP contribution in [0.4, 0.5) is 0 Å². The first kappa shape index (κ1) is 14.0. The molecule has 1 aromatic rings. The minimum absolute atomic E-state index is 0.0482. The summed E-state index contributed by atoms with van der Waals surface area (Å²) in [5, 5.41) is 0. The van der Waals surface area contributed by atoms with E-state index in [2.05, 4.69) is 12.6 Å². The van der Waals surface area contributed by atoms with Gasteiger partial charge in [0.25, 0.3) is 0 Å². The first-order chi connectivity index (χ1) is 7.33. The quantitative estimate of drug-likeness (QED) is 0.503. The molecule has 0 saturated heterocycles. The first-order valence-electron chi connectivity index (χ1n) is 4.51. The summed E-state index contributed by atoms with van der Waals surface area (Å²) in [5.74, 6) is -0.0482. The highest BCUT2D eigenvalue weighted by Crippen LogP contribution is 2.15. The molecular formula is C10H11IO3S2. The predicted octanol–water partition coefficient (Wildman–Crippen LogP) is 2.45. The van der Waals surface area contributed by atoms with E-state index < -0.39 is 14.4 Å². The molecule has 6 heteroatoms. The molecule has 16 heavy (non-hydrogen) atoms. The third-order valence-corrected chi connectivity index (χ3v) is 5.43. The summed E-state index contributed by atoms with van der Waals surface area (Å²) in [7, 11) is -3.21. The normalized spacial score (nSPS) is 13.4. The Morgan fingerprint density at radius 1 is 1.38 bits per heavy atom. The van der Waals surface area contributed by atoms with Crippen LogP contribution in [-0.4, -0.2) is 16.8 Å². The second-order valence-corrected chi connectivity index (χ2v) is 7.80. The summed E-state index contributed by atoms with van der Waals surface area (Å²) in [4.78, 5) is 11.0. The molecule has 0 aliphatic carbocycles. The number of carbonyl (C=O) groups excluding carboxylic acids is 1. The molecule has 1 aromatic carbocycles. The number of halogens is 1. The molecule has 1 atom stereocenters. The monoisotopic (exact) mass is 370 g/mol. The minimum Gasteiger partial charge on any atom is -0.282 e. The Morgan fingerprint density at radius 3 is 2.25 bits per heavy atom. The number of carbonyl (C=O) groups is 1. The number of hydrogen-bond donors (Lipinski definition) is 1. The Hall–Kier alpha value is -0.0800. The Labute approximate surface area is 114 Å². The molecule has 0 saturated carbocycles. The smallest absolute Gasteiger partial charge is 0.222 e. The van der Waals surface area contributed by atoms with Crippen LogP contribution < -0.4 is 0 Å². The molecule has 88 valence electrons. The maximum Gasteiger partial charge on any atom is 0.222 e. The summed E-state index contributed by atoms with van der Waals surface area (Å²) < 4.78 is 22.4. The van der Waals surface area contributed by atoms with Crippen molar-refractivity contribution in [3.8, 4) is 0 Å². The van der Waals surface area contributed by atoms with E-state index in [0.29, 0.717) is 11.1 Å². The van der Waals surface area contributed by atoms with Crippen LogP contribution in [0.15, 0.2) is 24.3 Å². The lowest BCUT2D eigenvalue weighted by Gasteiger charge is -2.07. The fourth-order valence-electron chi connectivity index (χ4n) is 1.08. The lowest BCUT2D eigenvalue weighted by Crippen LogP contribution is -2.13. The lowest BCUT2D eigenvalue weighted by molar-refractivity contribution is 0.110. The number of thiol groups is 1. The Bertz CT molecular complexity index is 477. The molecule has 0 bridgehead atoms. The maximum absolute atomic E-state index is 11.6. The van der Waals surface area contributed by atoms with E-state index in [9.17, 15) is 13.2 Å². The largest absolute Gasteiger partial charge is 0.282 e. The van der Waals surface area contributed by atoms with E-state index in [0.717, 1.165) is 0 Å². The number of hydrogen-bond acceptors (Lipinski definition) is 4. The van der Waals surface area contributed by atoms with Crippen molar-refractivity contribution in [3.05, 3.63) is 35.4 Å². The summed E-state index contributed by atoms with van der Waals surface area (Å²) in [6, 6.07) is 6.56. The Kier molecular flexibility index (Phi) is 4.81. The molecule has 3 nitrogen and oxygen atoms in total.